The number of benzene rings is 1. The summed E-state index contributed by atoms with van der Waals surface area (Å²) in [7, 11) is 0. The van der Waals surface area contributed by atoms with E-state index in [1.54, 1.807) is 6.07 Å². The number of anilines is 1. The molecule has 2 heterocycles. The van der Waals surface area contributed by atoms with Crippen LogP contribution in [0.3, 0.4) is 0 Å². The first kappa shape index (κ1) is 13.1. The van der Waals surface area contributed by atoms with Gasteiger partial charge < -0.3 is 4.74 Å². The third-order valence-electron chi connectivity index (χ3n) is 3.40. The zero-order valence-corrected chi connectivity index (χ0v) is 12.3. The molecule has 1 aliphatic heterocycles. The largest absolute Gasteiger partial charge is 0.493 e. The average Bonchev–Trinajstić information content (AvgIpc) is 3.03. The summed E-state index contributed by atoms with van der Waals surface area (Å²) < 4.78 is 5.44. The van der Waals surface area contributed by atoms with Gasteiger partial charge in [-0.05, 0) is 37.1 Å². The van der Waals surface area contributed by atoms with Crippen molar-refractivity contribution in [3.05, 3.63) is 39.9 Å². The number of amides is 1. The zero-order valence-electron chi connectivity index (χ0n) is 11.5. The van der Waals surface area contributed by atoms with Crippen LogP contribution < -0.4 is 10.1 Å². The topological polar surface area (TPSA) is 51.2 Å². The number of hydrogen-bond acceptors (Lipinski definition) is 4. The minimum Gasteiger partial charge on any atom is -0.493 e. The molecule has 0 spiro atoms. The summed E-state index contributed by atoms with van der Waals surface area (Å²) in [6.07, 6.45) is 1.75. The van der Waals surface area contributed by atoms with Gasteiger partial charge in [0.15, 0.2) is 5.13 Å². The maximum Gasteiger partial charge on any atom is 0.257 e. The fourth-order valence-electron chi connectivity index (χ4n) is 2.31. The van der Waals surface area contributed by atoms with Crippen molar-refractivity contribution in [3.8, 4) is 5.75 Å². The molecule has 0 bridgehead atoms. The maximum absolute atomic E-state index is 12.2. The Hall–Kier alpha value is -1.88. The molecule has 3 rings (SSSR count). The first-order valence-corrected chi connectivity index (χ1v) is 7.52. The lowest BCUT2D eigenvalue weighted by molar-refractivity contribution is 0.102. The Morgan fingerprint density at radius 2 is 2.35 bits per heavy atom. The number of carbonyl (C=O) groups is 1. The van der Waals surface area contributed by atoms with Gasteiger partial charge in [0.25, 0.3) is 5.91 Å². The van der Waals surface area contributed by atoms with Gasteiger partial charge in [-0.25, -0.2) is 4.98 Å². The second-order valence-electron chi connectivity index (χ2n) is 4.75. The minimum atomic E-state index is -0.115. The van der Waals surface area contributed by atoms with Crippen LogP contribution in [0.25, 0.3) is 0 Å². The van der Waals surface area contributed by atoms with Crippen molar-refractivity contribution in [2.45, 2.75) is 26.7 Å². The van der Waals surface area contributed by atoms with Gasteiger partial charge in [-0.1, -0.05) is 6.92 Å². The average molecular weight is 288 g/mol. The fourth-order valence-corrected chi connectivity index (χ4v) is 3.20. The predicted octanol–water partition coefficient (Wildman–Crippen LogP) is 3.20. The molecular weight excluding hydrogens is 272 g/mol. The van der Waals surface area contributed by atoms with E-state index in [0.29, 0.717) is 17.3 Å². The molecule has 1 aromatic carbocycles. The van der Waals surface area contributed by atoms with Crippen LogP contribution in [0.15, 0.2) is 18.2 Å². The third-order valence-corrected chi connectivity index (χ3v) is 4.33. The quantitative estimate of drug-likeness (QED) is 0.943. The van der Waals surface area contributed by atoms with Gasteiger partial charge in [-0.3, -0.25) is 10.1 Å². The van der Waals surface area contributed by atoms with Crippen LogP contribution in [0.2, 0.25) is 0 Å². The highest BCUT2D eigenvalue weighted by Crippen LogP contribution is 2.27. The molecule has 0 saturated heterocycles. The highest BCUT2D eigenvalue weighted by molar-refractivity contribution is 7.15. The van der Waals surface area contributed by atoms with Crippen molar-refractivity contribution in [3.63, 3.8) is 0 Å². The van der Waals surface area contributed by atoms with Crippen molar-refractivity contribution in [2.24, 2.45) is 0 Å². The highest BCUT2D eigenvalue weighted by atomic mass is 32.1. The number of fused-ring (bicyclic) bond motifs is 1. The summed E-state index contributed by atoms with van der Waals surface area (Å²) in [5.41, 5.74) is 2.80. The summed E-state index contributed by atoms with van der Waals surface area (Å²) in [6, 6.07) is 5.56. The number of aromatic nitrogens is 1. The van der Waals surface area contributed by atoms with E-state index in [9.17, 15) is 4.79 Å². The van der Waals surface area contributed by atoms with Crippen LogP contribution in [-0.2, 0) is 12.8 Å². The Morgan fingerprint density at radius 3 is 3.10 bits per heavy atom. The molecule has 0 saturated carbocycles. The van der Waals surface area contributed by atoms with E-state index in [4.69, 9.17) is 4.74 Å². The Balaban J connectivity index is 1.78. The molecule has 1 N–H and O–H groups in total. The number of thiazole rings is 1. The number of carbonyl (C=O) groups excluding carboxylic acids is 1. The third kappa shape index (κ3) is 2.41. The van der Waals surface area contributed by atoms with E-state index in [0.717, 1.165) is 34.7 Å². The number of nitrogens with zero attached hydrogens (tertiary/aromatic N) is 1. The molecule has 5 heteroatoms. The van der Waals surface area contributed by atoms with E-state index < -0.39 is 0 Å². The molecule has 0 radical (unpaired) electrons. The monoisotopic (exact) mass is 288 g/mol. The van der Waals surface area contributed by atoms with Crippen LogP contribution in [0, 0.1) is 6.92 Å². The first-order valence-electron chi connectivity index (χ1n) is 6.70. The molecule has 1 aliphatic rings. The van der Waals surface area contributed by atoms with Gasteiger partial charge >= 0.3 is 0 Å². The van der Waals surface area contributed by atoms with Crippen LogP contribution >= 0.6 is 11.3 Å². The Bertz CT molecular complexity index is 664. The molecule has 1 amide bonds. The van der Waals surface area contributed by atoms with E-state index in [1.165, 1.54) is 11.3 Å². The smallest absolute Gasteiger partial charge is 0.257 e. The molecule has 2 aromatic rings. The fraction of sp³-hybridized carbons (Fsp3) is 0.333. The zero-order chi connectivity index (χ0) is 14.1. The predicted molar refractivity (Wildman–Crippen MR) is 79.8 cm³/mol. The lowest BCUT2D eigenvalue weighted by atomic mass is 10.1. The number of hydrogen-bond donors (Lipinski definition) is 1. The van der Waals surface area contributed by atoms with E-state index in [2.05, 4.69) is 17.2 Å². The Labute approximate surface area is 121 Å². The van der Waals surface area contributed by atoms with Crippen molar-refractivity contribution in [1.29, 1.82) is 0 Å². The van der Waals surface area contributed by atoms with Gasteiger partial charge in [-0.2, -0.15) is 0 Å². The Kier molecular flexibility index (Phi) is 3.44. The number of nitrogens with one attached hydrogen (secondary N) is 1. The molecule has 20 heavy (non-hydrogen) atoms. The summed E-state index contributed by atoms with van der Waals surface area (Å²) >= 11 is 1.52. The van der Waals surface area contributed by atoms with Crippen LogP contribution in [0.4, 0.5) is 5.13 Å². The van der Waals surface area contributed by atoms with Crippen LogP contribution in [0.1, 0.15) is 33.4 Å². The van der Waals surface area contributed by atoms with E-state index >= 15 is 0 Å². The lowest BCUT2D eigenvalue weighted by Crippen LogP contribution is -2.11. The minimum absolute atomic E-state index is 0.115. The standard InChI is InChI=1S/C15H16N2O2S/c1-3-12-9(2)20-15(16-12)17-14(18)11-4-5-13-10(8-11)6-7-19-13/h4-5,8H,3,6-7H2,1-2H3,(H,16,17,18). The lowest BCUT2D eigenvalue weighted by Gasteiger charge is -2.04. The molecule has 0 unspecified atom stereocenters. The normalized spacial score (nSPS) is 12.9. The van der Waals surface area contributed by atoms with Crippen molar-refractivity contribution in [2.75, 3.05) is 11.9 Å². The van der Waals surface area contributed by atoms with Crippen LogP contribution in [-0.4, -0.2) is 17.5 Å². The summed E-state index contributed by atoms with van der Waals surface area (Å²) in [6.45, 7) is 4.79. The van der Waals surface area contributed by atoms with Gasteiger partial charge in [0.05, 0.1) is 12.3 Å². The van der Waals surface area contributed by atoms with Crippen molar-refractivity contribution in [1.82, 2.24) is 4.98 Å². The van der Waals surface area contributed by atoms with E-state index in [-0.39, 0.29) is 5.91 Å². The summed E-state index contributed by atoms with van der Waals surface area (Å²) in [5.74, 6) is 0.774. The van der Waals surface area contributed by atoms with Gasteiger partial charge in [0.2, 0.25) is 0 Å². The van der Waals surface area contributed by atoms with Gasteiger partial charge in [0, 0.05) is 16.9 Å². The maximum atomic E-state index is 12.2. The van der Waals surface area contributed by atoms with Crippen molar-refractivity contribution >= 4 is 22.4 Å². The van der Waals surface area contributed by atoms with E-state index in [1.807, 2.05) is 19.1 Å². The number of aryl methyl sites for hydroxylation is 2. The molecule has 104 valence electrons. The molecule has 0 aliphatic carbocycles. The first-order chi connectivity index (χ1) is 9.67. The highest BCUT2D eigenvalue weighted by Gasteiger charge is 2.16. The second kappa shape index (κ2) is 5.25. The summed E-state index contributed by atoms with van der Waals surface area (Å²) in [5, 5.41) is 3.54. The number of rotatable bonds is 3. The molecule has 0 atom stereocenters. The molecular formula is C15H16N2O2S. The Morgan fingerprint density at radius 1 is 1.50 bits per heavy atom. The molecule has 1 aromatic heterocycles. The molecule has 4 nitrogen and oxygen atoms in total. The van der Waals surface area contributed by atoms with Gasteiger partial charge in [-0.15, -0.1) is 11.3 Å². The SMILES string of the molecule is CCc1nc(NC(=O)c2ccc3c(c2)CCO3)sc1C. The second-order valence-corrected chi connectivity index (χ2v) is 5.95. The van der Waals surface area contributed by atoms with Gasteiger partial charge in [0.1, 0.15) is 5.75 Å². The molecule has 0 fully saturated rings. The van der Waals surface area contributed by atoms with Crippen molar-refractivity contribution < 1.29 is 9.53 Å². The van der Waals surface area contributed by atoms with Crippen LogP contribution in [0.5, 0.6) is 5.75 Å². The summed E-state index contributed by atoms with van der Waals surface area (Å²) in [4.78, 5) is 17.8. The number of ether oxygens (including phenoxy) is 1.